The molecule has 0 atom stereocenters. The van der Waals surface area contributed by atoms with E-state index in [1.54, 1.807) is 29.9 Å². The Morgan fingerprint density at radius 3 is 2.41 bits per heavy atom. The summed E-state index contributed by atoms with van der Waals surface area (Å²) in [7, 11) is 0. The molecule has 0 unspecified atom stereocenters. The predicted molar refractivity (Wildman–Crippen MR) is 85.6 cm³/mol. The first-order valence-electron chi connectivity index (χ1n) is 6.89. The largest absolute Gasteiger partial charge is 0.469 e. The Bertz CT molecular complexity index is 678. The molecule has 22 heavy (non-hydrogen) atoms. The lowest BCUT2D eigenvalue weighted by Crippen LogP contribution is -2.27. The molecular weight excluding hydrogens is 298 g/mol. The Kier molecular flexibility index (Phi) is 4.56. The lowest BCUT2D eigenvalue weighted by molar-refractivity contribution is -0.116. The first-order valence-corrected chi connectivity index (χ1v) is 7.77. The number of carbonyl (C=O) groups is 1. The van der Waals surface area contributed by atoms with Gasteiger partial charge in [0.25, 0.3) is 0 Å². The second kappa shape index (κ2) is 6.95. The van der Waals surface area contributed by atoms with Gasteiger partial charge in [-0.3, -0.25) is 4.79 Å². The minimum absolute atomic E-state index is 0.135. The normalized spacial score (nSPS) is 11.3. The van der Waals surface area contributed by atoms with Crippen molar-refractivity contribution >= 4 is 23.3 Å². The van der Waals surface area contributed by atoms with E-state index < -0.39 is 0 Å². The molecule has 5 heteroatoms. The number of nitrogens with one attached hydrogen (secondary N) is 1. The molecule has 0 saturated heterocycles. The van der Waals surface area contributed by atoms with Crippen molar-refractivity contribution in [3.05, 3.63) is 76.8 Å². The highest BCUT2D eigenvalue weighted by Crippen LogP contribution is 2.24. The monoisotopic (exact) mass is 313 g/mol. The zero-order valence-corrected chi connectivity index (χ0v) is 12.6. The molecule has 3 aromatic rings. The topological polar surface area (TPSA) is 55.4 Å². The summed E-state index contributed by atoms with van der Waals surface area (Å²) in [5.41, 5.74) is 0. The molecule has 3 heterocycles. The number of furan rings is 2. The van der Waals surface area contributed by atoms with Gasteiger partial charge in [0.2, 0.25) is 5.91 Å². The number of hydrogen-bond acceptors (Lipinski definition) is 4. The van der Waals surface area contributed by atoms with Gasteiger partial charge in [-0.05, 0) is 41.8 Å². The van der Waals surface area contributed by atoms with E-state index in [-0.39, 0.29) is 11.8 Å². The second-order valence-corrected chi connectivity index (χ2v) is 5.66. The van der Waals surface area contributed by atoms with Crippen LogP contribution in [0.25, 0.3) is 6.08 Å². The summed E-state index contributed by atoms with van der Waals surface area (Å²) < 4.78 is 10.9. The molecule has 1 N–H and O–H groups in total. The highest BCUT2D eigenvalue weighted by atomic mass is 32.1. The van der Waals surface area contributed by atoms with Crippen LogP contribution in [-0.4, -0.2) is 12.5 Å². The summed E-state index contributed by atoms with van der Waals surface area (Å²) in [6.07, 6.45) is 6.57. The van der Waals surface area contributed by atoms with E-state index >= 15 is 0 Å². The van der Waals surface area contributed by atoms with Crippen LogP contribution in [-0.2, 0) is 4.79 Å². The summed E-state index contributed by atoms with van der Waals surface area (Å²) in [6.45, 7) is 0.411. The lowest BCUT2D eigenvalue weighted by atomic mass is 10.0. The van der Waals surface area contributed by atoms with Crippen LogP contribution in [0.5, 0.6) is 0 Å². The molecule has 0 radical (unpaired) electrons. The quantitative estimate of drug-likeness (QED) is 0.702. The minimum atomic E-state index is -0.142. The van der Waals surface area contributed by atoms with Crippen molar-refractivity contribution in [2.45, 2.75) is 5.92 Å². The third kappa shape index (κ3) is 3.56. The number of amides is 1. The standard InChI is InChI=1S/C17H15NO3S/c19-17(8-7-13-4-3-11-22-13)18-12-14(15-5-1-9-20-15)16-6-2-10-21-16/h1-11,14H,12H2,(H,18,19)/b8-7+. The average molecular weight is 313 g/mol. The molecule has 0 aromatic carbocycles. The van der Waals surface area contributed by atoms with Crippen LogP contribution in [0.1, 0.15) is 22.3 Å². The second-order valence-electron chi connectivity index (χ2n) is 4.68. The fourth-order valence-corrected chi connectivity index (χ4v) is 2.74. The minimum Gasteiger partial charge on any atom is -0.469 e. The van der Waals surface area contributed by atoms with Crippen molar-refractivity contribution in [1.82, 2.24) is 5.32 Å². The van der Waals surface area contributed by atoms with Gasteiger partial charge in [-0.25, -0.2) is 0 Å². The Morgan fingerprint density at radius 2 is 1.86 bits per heavy atom. The summed E-state index contributed by atoms with van der Waals surface area (Å²) in [4.78, 5) is 13.0. The van der Waals surface area contributed by atoms with E-state index in [9.17, 15) is 4.79 Å². The number of carbonyl (C=O) groups excluding carboxylic acids is 1. The van der Waals surface area contributed by atoms with Gasteiger partial charge in [0.15, 0.2) is 0 Å². The van der Waals surface area contributed by atoms with Crippen molar-refractivity contribution in [3.63, 3.8) is 0 Å². The van der Waals surface area contributed by atoms with Gasteiger partial charge in [0, 0.05) is 17.5 Å². The number of rotatable bonds is 6. The first-order chi connectivity index (χ1) is 10.8. The van der Waals surface area contributed by atoms with E-state index in [0.29, 0.717) is 6.54 Å². The zero-order chi connectivity index (χ0) is 15.2. The summed E-state index contributed by atoms with van der Waals surface area (Å²) >= 11 is 1.59. The van der Waals surface area contributed by atoms with Crippen molar-refractivity contribution in [1.29, 1.82) is 0 Å². The van der Waals surface area contributed by atoms with Gasteiger partial charge >= 0.3 is 0 Å². The Labute approximate surface area is 132 Å². The molecule has 0 spiro atoms. The van der Waals surface area contributed by atoms with E-state index in [2.05, 4.69) is 5.32 Å². The molecule has 3 aromatic heterocycles. The number of hydrogen-bond donors (Lipinski definition) is 1. The number of thiophene rings is 1. The fraction of sp³-hybridized carbons (Fsp3) is 0.118. The van der Waals surface area contributed by atoms with Crippen LogP contribution in [0.15, 0.2) is 69.2 Å². The van der Waals surface area contributed by atoms with Crippen LogP contribution >= 0.6 is 11.3 Å². The summed E-state index contributed by atoms with van der Waals surface area (Å²) in [5.74, 6) is 1.25. The molecule has 112 valence electrons. The van der Waals surface area contributed by atoms with Crippen molar-refractivity contribution < 1.29 is 13.6 Å². The molecular formula is C17H15NO3S. The van der Waals surface area contributed by atoms with Crippen LogP contribution in [0, 0.1) is 0 Å². The molecule has 0 aliphatic carbocycles. The third-order valence-corrected chi connectivity index (χ3v) is 4.03. The molecule has 0 saturated carbocycles. The van der Waals surface area contributed by atoms with Crippen LogP contribution < -0.4 is 5.32 Å². The molecule has 3 rings (SSSR count). The first kappa shape index (κ1) is 14.4. The van der Waals surface area contributed by atoms with Gasteiger partial charge in [-0.2, -0.15) is 0 Å². The Balaban J connectivity index is 1.63. The molecule has 0 fully saturated rings. The van der Waals surface area contributed by atoms with Crippen LogP contribution in [0.2, 0.25) is 0 Å². The smallest absolute Gasteiger partial charge is 0.244 e. The highest BCUT2D eigenvalue weighted by molar-refractivity contribution is 7.10. The molecule has 0 bridgehead atoms. The third-order valence-electron chi connectivity index (χ3n) is 3.20. The van der Waals surface area contributed by atoms with Crippen molar-refractivity contribution in [2.24, 2.45) is 0 Å². The summed E-state index contributed by atoms with van der Waals surface area (Å²) in [6, 6.07) is 11.3. The lowest BCUT2D eigenvalue weighted by Gasteiger charge is -2.12. The Morgan fingerprint density at radius 1 is 1.14 bits per heavy atom. The van der Waals surface area contributed by atoms with E-state index in [1.807, 2.05) is 41.8 Å². The maximum absolute atomic E-state index is 11.9. The van der Waals surface area contributed by atoms with Crippen molar-refractivity contribution in [3.8, 4) is 0 Å². The molecule has 0 aliphatic rings. The molecule has 0 aliphatic heterocycles. The van der Waals surface area contributed by atoms with Crippen LogP contribution in [0.3, 0.4) is 0 Å². The average Bonchev–Trinajstić information content (AvgIpc) is 3.27. The molecule has 4 nitrogen and oxygen atoms in total. The molecule has 1 amide bonds. The predicted octanol–water partition coefficient (Wildman–Crippen LogP) is 3.90. The Hall–Kier alpha value is -2.53. The van der Waals surface area contributed by atoms with Crippen LogP contribution in [0.4, 0.5) is 0 Å². The SMILES string of the molecule is O=C(/C=C/c1cccs1)NCC(c1ccco1)c1ccco1. The van der Waals surface area contributed by atoms with Gasteiger partial charge in [0.05, 0.1) is 18.4 Å². The maximum Gasteiger partial charge on any atom is 0.244 e. The zero-order valence-electron chi connectivity index (χ0n) is 11.8. The van der Waals surface area contributed by atoms with Gasteiger partial charge in [0.1, 0.15) is 11.5 Å². The maximum atomic E-state index is 11.9. The summed E-state index contributed by atoms with van der Waals surface area (Å²) in [5, 5.41) is 4.85. The van der Waals surface area contributed by atoms with E-state index in [4.69, 9.17) is 8.83 Å². The van der Waals surface area contributed by atoms with E-state index in [0.717, 1.165) is 16.4 Å². The van der Waals surface area contributed by atoms with Crippen molar-refractivity contribution in [2.75, 3.05) is 6.54 Å². The van der Waals surface area contributed by atoms with Gasteiger partial charge in [-0.15, -0.1) is 11.3 Å². The van der Waals surface area contributed by atoms with E-state index in [1.165, 1.54) is 6.08 Å². The van der Waals surface area contributed by atoms with Gasteiger partial charge in [-0.1, -0.05) is 6.07 Å². The highest BCUT2D eigenvalue weighted by Gasteiger charge is 2.20. The fourth-order valence-electron chi connectivity index (χ4n) is 2.13. The van der Waals surface area contributed by atoms with Gasteiger partial charge < -0.3 is 14.2 Å².